The van der Waals surface area contributed by atoms with E-state index in [1.165, 1.54) is 6.07 Å². The topological polar surface area (TPSA) is 87.4 Å². The summed E-state index contributed by atoms with van der Waals surface area (Å²) in [5.74, 6) is 0. The van der Waals surface area contributed by atoms with E-state index in [9.17, 15) is 15.2 Å². The van der Waals surface area contributed by atoms with Crippen LogP contribution in [0.15, 0.2) is 22.7 Å². The van der Waals surface area contributed by atoms with Gasteiger partial charge < -0.3 is 15.7 Å². The molecule has 7 heteroatoms. The molecule has 98 valence electrons. The Morgan fingerprint density at radius 3 is 3.00 bits per heavy atom. The molecule has 2 rings (SSSR count). The maximum absolute atomic E-state index is 11.0. The minimum atomic E-state index is -0.540. The Bertz CT molecular complexity index is 455. The van der Waals surface area contributed by atoms with Gasteiger partial charge >= 0.3 is 0 Å². The number of β-amino-alcohol motifs (C(OH)–C–C–N with tert-alkyl or cyclic N) is 1. The summed E-state index contributed by atoms with van der Waals surface area (Å²) < 4.78 is 0.658. The number of nitrogens with zero attached hydrogens (tertiary/aromatic N) is 1. The highest BCUT2D eigenvalue weighted by molar-refractivity contribution is 9.10. The molecular weight excluding hydrogens is 302 g/mol. The Morgan fingerprint density at radius 2 is 2.33 bits per heavy atom. The molecule has 0 aromatic heterocycles. The Morgan fingerprint density at radius 1 is 1.56 bits per heavy atom. The number of aliphatic hydroxyl groups is 1. The molecule has 0 saturated carbocycles. The zero-order valence-electron chi connectivity index (χ0n) is 9.60. The van der Waals surface area contributed by atoms with Gasteiger partial charge in [0.2, 0.25) is 0 Å². The van der Waals surface area contributed by atoms with Gasteiger partial charge in [-0.05, 0) is 25.1 Å². The molecule has 0 radical (unpaired) electrons. The van der Waals surface area contributed by atoms with Crippen molar-refractivity contribution in [1.29, 1.82) is 0 Å². The van der Waals surface area contributed by atoms with E-state index in [0.29, 0.717) is 16.7 Å². The highest BCUT2D eigenvalue weighted by Gasteiger charge is 2.25. The highest BCUT2D eigenvalue weighted by atomic mass is 79.9. The summed E-state index contributed by atoms with van der Waals surface area (Å²) in [6.07, 6.45) is 0.191. The Kier molecular flexibility index (Phi) is 4.15. The minimum absolute atomic E-state index is 0.00936. The average Bonchev–Trinajstić information content (AvgIpc) is 2.34. The van der Waals surface area contributed by atoms with Crippen LogP contribution in [0, 0.1) is 10.1 Å². The van der Waals surface area contributed by atoms with Gasteiger partial charge in [0, 0.05) is 17.1 Å². The predicted molar refractivity (Wildman–Crippen MR) is 71.7 cm³/mol. The molecule has 1 heterocycles. The van der Waals surface area contributed by atoms with Crippen LogP contribution in [0.2, 0.25) is 0 Å². The number of nitrogens with one attached hydrogen (secondary N) is 2. The van der Waals surface area contributed by atoms with E-state index in [0.717, 1.165) is 13.0 Å². The summed E-state index contributed by atoms with van der Waals surface area (Å²) in [6.45, 7) is 1.29. The molecule has 1 saturated heterocycles. The van der Waals surface area contributed by atoms with Gasteiger partial charge in [0.25, 0.3) is 5.69 Å². The molecule has 3 N–H and O–H groups in total. The monoisotopic (exact) mass is 315 g/mol. The normalized spacial score (nSPS) is 23.7. The molecule has 0 spiro atoms. The molecule has 1 aromatic carbocycles. The summed E-state index contributed by atoms with van der Waals surface area (Å²) in [4.78, 5) is 10.5. The van der Waals surface area contributed by atoms with Crippen molar-refractivity contribution < 1.29 is 10.0 Å². The van der Waals surface area contributed by atoms with Gasteiger partial charge in [-0.25, -0.2) is 0 Å². The average molecular weight is 316 g/mol. The van der Waals surface area contributed by atoms with E-state index in [-0.39, 0.29) is 11.7 Å². The number of rotatable bonds is 3. The highest BCUT2D eigenvalue weighted by Crippen LogP contribution is 2.29. The van der Waals surface area contributed by atoms with Crippen LogP contribution in [0.4, 0.5) is 11.4 Å². The number of halogens is 1. The van der Waals surface area contributed by atoms with E-state index < -0.39 is 11.0 Å². The SMILES string of the molecule is O=[N+]([O-])c1cc(Br)ccc1NC1CCNCC1O. The largest absolute Gasteiger partial charge is 0.390 e. The zero-order valence-corrected chi connectivity index (χ0v) is 11.2. The van der Waals surface area contributed by atoms with Crippen molar-refractivity contribution in [3.8, 4) is 0 Å². The molecule has 0 amide bonds. The fourth-order valence-corrected chi connectivity index (χ4v) is 2.34. The molecular formula is C11H14BrN3O3. The second-order valence-corrected chi connectivity index (χ2v) is 5.15. The minimum Gasteiger partial charge on any atom is -0.390 e. The lowest BCUT2D eigenvalue weighted by Gasteiger charge is -2.29. The van der Waals surface area contributed by atoms with E-state index in [4.69, 9.17) is 0 Å². The van der Waals surface area contributed by atoms with E-state index in [2.05, 4.69) is 26.6 Å². The Hall–Kier alpha value is -1.18. The van der Waals surface area contributed by atoms with Crippen molar-refractivity contribution in [3.63, 3.8) is 0 Å². The third kappa shape index (κ3) is 2.98. The maximum Gasteiger partial charge on any atom is 0.293 e. The van der Waals surface area contributed by atoms with Crippen molar-refractivity contribution in [2.75, 3.05) is 18.4 Å². The molecule has 1 aromatic rings. The predicted octanol–water partition coefficient (Wildman–Crippen LogP) is 1.49. The van der Waals surface area contributed by atoms with E-state index >= 15 is 0 Å². The first kappa shape index (κ1) is 13.3. The molecule has 2 unspecified atom stereocenters. The quantitative estimate of drug-likeness (QED) is 0.581. The number of nitro groups is 1. The first-order chi connectivity index (χ1) is 8.58. The van der Waals surface area contributed by atoms with Gasteiger partial charge in [0.15, 0.2) is 0 Å². The van der Waals surface area contributed by atoms with Crippen LogP contribution < -0.4 is 10.6 Å². The van der Waals surface area contributed by atoms with Crippen molar-refractivity contribution in [1.82, 2.24) is 5.32 Å². The lowest BCUT2D eigenvalue weighted by molar-refractivity contribution is -0.384. The van der Waals surface area contributed by atoms with Crippen molar-refractivity contribution in [3.05, 3.63) is 32.8 Å². The summed E-state index contributed by atoms with van der Waals surface area (Å²) in [7, 11) is 0. The van der Waals surface area contributed by atoms with Gasteiger partial charge in [0.05, 0.1) is 17.1 Å². The molecule has 1 aliphatic heterocycles. The van der Waals surface area contributed by atoms with Gasteiger partial charge in [-0.3, -0.25) is 10.1 Å². The summed E-state index contributed by atoms with van der Waals surface area (Å²) >= 11 is 3.21. The van der Waals surface area contributed by atoms with Crippen LogP contribution >= 0.6 is 15.9 Å². The first-order valence-corrected chi connectivity index (χ1v) is 6.46. The van der Waals surface area contributed by atoms with Gasteiger partial charge in [-0.1, -0.05) is 15.9 Å². The molecule has 18 heavy (non-hydrogen) atoms. The van der Waals surface area contributed by atoms with Crippen molar-refractivity contribution >= 4 is 27.3 Å². The van der Waals surface area contributed by atoms with Crippen LogP contribution in [0.25, 0.3) is 0 Å². The zero-order chi connectivity index (χ0) is 13.1. The standard InChI is InChI=1S/C11H14BrN3O3/c12-7-1-2-8(10(5-7)15(17)18)14-9-3-4-13-6-11(9)16/h1-2,5,9,11,13-14,16H,3-4,6H2. The number of nitro benzene ring substituents is 1. The van der Waals surface area contributed by atoms with Gasteiger partial charge in [0.1, 0.15) is 5.69 Å². The van der Waals surface area contributed by atoms with Crippen LogP contribution in [0.3, 0.4) is 0 Å². The number of hydrogen-bond donors (Lipinski definition) is 3. The molecule has 0 bridgehead atoms. The number of hydrogen-bond acceptors (Lipinski definition) is 5. The van der Waals surface area contributed by atoms with Crippen LogP contribution in [-0.2, 0) is 0 Å². The summed E-state index contributed by atoms with van der Waals surface area (Å²) in [6, 6.07) is 4.68. The fraction of sp³-hybridized carbons (Fsp3) is 0.455. The van der Waals surface area contributed by atoms with E-state index in [1.807, 2.05) is 0 Å². The van der Waals surface area contributed by atoms with E-state index in [1.54, 1.807) is 12.1 Å². The van der Waals surface area contributed by atoms with Gasteiger partial charge in [-0.2, -0.15) is 0 Å². The number of anilines is 1. The van der Waals surface area contributed by atoms with Crippen LogP contribution in [0.5, 0.6) is 0 Å². The van der Waals surface area contributed by atoms with Crippen LogP contribution in [0.1, 0.15) is 6.42 Å². The number of piperidine rings is 1. The molecule has 6 nitrogen and oxygen atoms in total. The maximum atomic E-state index is 11.0. The second-order valence-electron chi connectivity index (χ2n) is 4.23. The van der Waals surface area contributed by atoms with Gasteiger partial charge in [-0.15, -0.1) is 0 Å². The molecule has 1 aliphatic rings. The Labute approximate surface area is 113 Å². The molecule has 2 atom stereocenters. The number of aliphatic hydroxyl groups excluding tert-OH is 1. The van der Waals surface area contributed by atoms with Crippen molar-refractivity contribution in [2.45, 2.75) is 18.6 Å². The van der Waals surface area contributed by atoms with Crippen LogP contribution in [-0.4, -0.2) is 35.3 Å². The van der Waals surface area contributed by atoms with Crippen molar-refractivity contribution in [2.24, 2.45) is 0 Å². The second kappa shape index (κ2) is 5.64. The summed E-state index contributed by atoms with van der Waals surface area (Å²) in [5, 5.41) is 26.9. The third-order valence-electron chi connectivity index (χ3n) is 2.95. The lowest BCUT2D eigenvalue weighted by atomic mass is 10.0. The summed E-state index contributed by atoms with van der Waals surface area (Å²) in [5.41, 5.74) is 0.448. The lowest BCUT2D eigenvalue weighted by Crippen LogP contribution is -2.47. The Balaban J connectivity index is 2.20. The number of benzene rings is 1. The molecule has 0 aliphatic carbocycles. The smallest absolute Gasteiger partial charge is 0.293 e. The first-order valence-electron chi connectivity index (χ1n) is 5.67. The molecule has 1 fully saturated rings. The third-order valence-corrected chi connectivity index (χ3v) is 3.44. The fourth-order valence-electron chi connectivity index (χ4n) is 1.99.